The highest BCUT2D eigenvalue weighted by Crippen LogP contribution is 2.44. The van der Waals surface area contributed by atoms with E-state index in [0.29, 0.717) is 17.4 Å². The van der Waals surface area contributed by atoms with Gasteiger partial charge in [0.25, 0.3) is 0 Å². The Morgan fingerprint density at radius 2 is 2.24 bits per heavy atom. The molecule has 1 aromatic rings. The number of thiazole rings is 1. The van der Waals surface area contributed by atoms with Gasteiger partial charge >= 0.3 is 0 Å². The van der Waals surface area contributed by atoms with E-state index in [4.69, 9.17) is 4.98 Å². The molecule has 1 aromatic heterocycles. The molecule has 2 atom stereocenters. The van der Waals surface area contributed by atoms with E-state index in [2.05, 4.69) is 40.1 Å². The molecule has 2 rings (SSSR count). The van der Waals surface area contributed by atoms with E-state index in [1.54, 1.807) is 0 Å². The quantitative estimate of drug-likeness (QED) is 0.883. The fourth-order valence-corrected chi connectivity index (χ4v) is 3.90. The maximum absolute atomic E-state index is 4.89. The Morgan fingerprint density at radius 3 is 2.82 bits per heavy atom. The van der Waals surface area contributed by atoms with Crippen LogP contribution in [0.2, 0.25) is 0 Å². The van der Waals surface area contributed by atoms with Gasteiger partial charge < -0.3 is 5.32 Å². The zero-order valence-electron chi connectivity index (χ0n) is 11.6. The smallest absolute Gasteiger partial charge is 0.0959 e. The molecule has 0 aromatic carbocycles. The van der Waals surface area contributed by atoms with Crippen LogP contribution in [0.5, 0.6) is 0 Å². The SMILES string of the molecule is CCC(C)c1nc2c(s1)C(NC)CC(C)(C)C2. The van der Waals surface area contributed by atoms with Gasteiger partial charge in [-0.2, -0.15) is 0 Å². The van der Waals surface area contributed by atoms with Crippen LogP contribution in [-0.4, -0.2) is 12.0 Å². The lowest BCUT2D eigenvalue weighted by Crippen LogP contribution is -2.30. The topological polar surface area (TPSA) is 24.9 Å². The van der Waals surface area contributed by atoms with Crippen LogP contribution in [0.1, 0.15) is 68.1 Å². The van der Waals surface area contributed by atoms with E-state index >= 15 is 0 Å². The third-order valence-electron chi connectivity index (χ3n) is 3.85. The molecule has 3 heteroatoms. The van der Waals surface area contributed by atoms with Crippen molar-refractivity contribution >= 4 is 11.3 Å². The third kappa shape index (κ3) is 2.55. The number of aromatic nitrogens is 1. The maximum atomic E-state index is 4.89. The highest BCUT2D eigenvalue weighted by Gasteiger charge is 2.34. The second-order valence-corrected chi connectivity index (χ2v) is 7.12. The van der Waals surface area contributed by atoms with Gasteiger partial charge in [-0.15, -0.1) is 11.3 Å². The maximum Gasteiger partial charge on any atom is 0.0959 e. The van der Waals surface area contributed by atoms with E-state index in [1.165, 1.54) is 28.4 Å². The van der Waals surface area contributed by atoms with Crippen LogP contribution in [0.3, 0.4) is 0 Å². The second kappa shape index (κ2) is 4.69. The summed E-state index contributed by atoms with van der Waals surface area (Å²) in [6.07, 6.45) is 3.53. The fourth-order valence-electron chi connectivity index (χ4n) is 2.57. The molecule has 17 heavy (non-hydrogen) atoms. The molecule has 0 radical (unpaired) electrons. The number of nitrogens with zero attached hydrogens (tertiary/aromatic N) is 1. The standard InChI is InChI=1S/C14H24N2S/c1-6-9(2)13-16-11-8-14(3,4)7-10(15-5)12(11)17-13/h9-10,15H,6-8H2,1-5H3. The van der Waals surface area contributed by atoms with Crippen LogP contribution >= 0.6 is 11.3 Å². The van der Waals surface area contributed by atoms with E-state index in [9.17, 15) is 0 Å². The van der Waals surface area contributed by atoms with E-state index < -0.39 is 0 Å². The van der Waals surface area contributed by atoms with Crippen molar-refractivity contribution < 1.29 is 0 Å². The summed E-state index contributed by atoms with van der Waals surface area (Å²) in [4.78, 5) is 6.38. The Labute approximate surface area is 109 Å². The Morgan fingerprint density at radius 1 is 1.53 bits per heavy atom. The van der Waals surface area contributed by atoms with Crippen LogP contribution in [0.15, 0.2) is 0 Å². The Kier molecular flexibility index (Phi) is 3.60. The number of hydrogen-bond donors (Lipinski definition) is 1. The molecule has 0 aliphatic heterocycles. The van der Waals surface area contributed by atoms with Gasteiger partial charge in [0.1, 0.15) is 0 Å². The molecular weight excluding hydrogens is 228 g/mol. The zero-order valence-corrected chi connectivity index (χ0v) is 12.4. The van der Waals surface area contributed by atoms with Gasteiger partial charge in [0.2, 0.25) is 0 Å². The van der Waals surface area contributed by atoms with Gasteiger partial charge in [0.05, 0.1) is 10.7 Å². The molecule has 0 fully saturated rings. The summed E-state index contributed by atoms with van der Waals surface area (Å²) in [5.74, 6) is 0.603. The van der Waals surface area contributed by atoms with Crippen molar-refractivity contribution in [1.82, 2.24) is 10.3 Å². The van der Waals surface area contributed by atoms with Crippen molar-refractivity contribution in [2.24, 2.45) is 5.41 Å². The van der Waals surface area contributed by atoms with Gasteiger partial charge in [0.15, 0.2) is 0 Å². The minimum Gasteiger partial charge on any atom is -0.312 e. The van der Waals surface area contributed by atoms with E-state index in [0.717, 1.165) is 6.42 Å². The first-order valence-electron chi connectivity index (χ1n) is 6.63. The molecule has 2 unspecified atom stereocenters. The minimum absolute atomic E-state index is 0.376. The first-order chi connectivity index (χ1) is 7.96. The number of hydrogen-bond acceptors (Lipinski definition) is 3. The molecule has 0 spiro atoms. The van der Waals surface area contributed by atoms with Gasteiger partial charge in [-0.05, 0) is 31.7 Å². The van der Waals surface area contributed by atoms with E-state index in [-0.39, 0.29) is 0 Å². The summed E-state index contributed by atoms with van der Waals surface area (Å²) >= 11 is 1.93. The van der Waals surface area contributed by atoms with Crippen molar-refractivity contribution in [3.8, 4) is 0 Å². The lowest BCUT2D eigenvalue weighted by molar-refractivity contribution is 0.265. The summed E-state index contributed by atoms with van der Waals surface area (Å²) in [6.45, 7) is 9.22. The molecule has 0 amide bonds. The average Bonchev–Trinajstić information content (AvgIpc) is 2.68. The summed E-state index contributed by atoms with van der Waals surface area (Å²) in [5.41, 5.74) is 1.72. The van der Waals surface area contributed by atoms with Crippen molar-refractivity contribution in [1.29, 1.82) is 0 Å². The van der Waals surface area contributed by atoms with Crippen molar-refractivity contribution in [3.63, 3.8) is 0 Å². The van der Waals surface area contributed by atoms with Crippen LogP contribution in [0.4, 0.5) is 0 Å². The second-order valence-electron chi connectivity index (χ2n) is 6.06. The van der Waals surface area contributed by atoms with Gasteiger partial charge in [0, 0.05) is 16.8 Å². The van der Waals surface area contributed by atoms with Crippen molar-refractivity contribution in [2.75, 3.05) is 7.05 Å². The van der Waals surface area contributed by atoms with Gasteiger partial charge in [-0.1, -0.05) is 27.7 Å². The van der Waals surface area contributed by atoms with Crippen LogP contribution < -0.4 is 5.32 Å². The van der Waals surface area contributed by atoms with Crippen LogP contribution in [-0.2, 0) is 6.42 Å². The molecule has 1 heterocycles. The van der Waals surface area contributed by atoms with Gasteiger partial charge in [-0.25, -0.2) is 4.98 Å². The zero-order chi connectivity index (χ0) is 12.6. The lowest BCUT2D eigenvalue weighted by atomic mass is 9.76. The van der Waals surface area contributed by atoms with Crippen molar-refractivity contribution in [2.45, 2.75) is 58.9 Å². The fraction of sp³-hybridized carbons (Fsp3) is 0.786. The lowest BCUT2D eigenvalue weighted by Gasteiger charge is -2.34. The predicted octanol–water partition coefficient (Wildman–Crippen LogP) is 3.89. The predicted molar refractivity (Wildman–Crippen MR) is 74.7 cm³/mol. The minimum atomic E-state index is 0.376. The first kappa shape index (κ1) is 13.0. The molecule has 0 bridgehead atoms. The molecule has 1 N–H and O–H groups in total. The highest BCUT2D eigenvalue weighted by molar-refractivity contribution is 7.12. The Balaban J connectivity index is 2.35. The molecule has 1 aliphatic carbocycles. The number of fused-ring (bicyclic) bond motifs is 1. The summed E-state index contributed by atoms with van der Waals surface area (Å²) in [6, 6.07) is 0.504. The molecule has 2 nitrogen and oxygen atoms in total. The number of rotatable bonds is 3. The first-order valence-corrected chi connectivity index (χ1v) is 7.45. The third-order valence-corrected chi connectivity index (χ3v) is 5.29. The van der Waals surface area contributed by atoms with Crippen LogP contribution in [0.25, 0.3) is 0 Å². The largest absolute Gasteiger partial charge is 0.312 e. The molecule has 0 saturated heterocycles. The number of nitrogens with one attached hydrogen (secondary N) is 1. The Hall–Kier alpha value is -0.410. The molecular formula is C14H24N2S. The summed E-state index contributed by atoms with van der Waals surface area (Å²) < 4.78 is 0. The highest BCUT2D eigenvalue weighted by atomic mass is 32.1. The summed E-state index contributed by atoms with van der Waals surface area (Å²) in [7, 11) is 2.07. The summed E-state index contributed by atoms with van der Waals surface area (Å²) in [5, 5.41) is 4.79. The van der Waals surface area contributed by atoms with Gasteiger partial charge in [-0.3, -0.25) is 0 Å². The average molecular weight is 252 g/mol. The van der Waals surface area contributed by atoms with E-state index in [1.807, 2.05) is 11.3 Å². The molecule has 0 saturated carbocycles. The molecule has 1 aliphatic rings. The monoisotopic (exact) mass is 252 g/mol. The molecule has 96 valence electrons. The normalized spacial score (nSPS) is 24.4. The Bertz CT molecular complexity index is 395. The van der Waals surface area contributed by atoms with Crippen LogP contribution in [0, 0.1) is 5.41 Å². The van der Waals surface area contributed by atoms with Crippen molar-refractivity contribution in [3.05, 3.63) is 15.6 Å².